The molecule has 1 aromatic heterocycles. The minimum atomic E-state index is -0.332. The van der Waals surface area contributed by atoms with E-state index in [9.17, 15) is 4.79 Å². The van der Waals surface area contributed by atoms with E-state index in [1.807, 2.05) is 24.3 Å². The van der Waals surface area contributed by atoms with Crippen molar-refractivity contribution in [3.05, 3.63) is 36.0 Å². The van der Waals surface area contributed by atoms with Crippen molar-refractivity contribution in [1.29, 1.82) is 0 Å². The van der Waals surface area contributed by atoms with Gasteiger partial charge in [0.2, 0.25) is 0 Å². The van der Waals surface area contributed by atoms with Crippen LogP contribution < -0.4 is 11.1 Å². The molecule has 6 nitrogen and oxygen atoms in total. The molecular weight excluding hydrogens is 244 g/mol. The van der Waals surface area contributed by atoms with Crippen LogP contribution in [0.3, 0.4) is 0 Å². The fraction of sp³-hybridized carbons (Fsp3) is 0.231. The van der Waals surface area contributed by atoms with Gasteiger partial charge in [-0.15, -0.1) is 0 Å². The number of amides is 1. The SMILES string of the molecule is NC(=NCCCO)NC(=O)c1cc2ccccc2[nH]1. The number of aliphatic imine (C=N–C) groups is 1. The fourth-order valence-electron chi connectivity index (χ4n) is 1.69. The standard InChI is InChI=1S/C13H16N4O2/c14-13(15-6-3-7-18)17-12(19)11-8-9-4-1-2-5-10(9)16-11/h1-2,4-5,8,16,18H,3,6-7H2,(H3,14,15,17,19). The maximum Gasteiger partial charge on any atom is 0.274 e. The third-order valence-corrected chi connectivity index (χ3v) is 2.61. The van der Waals surface area contributed by atoms with Crippen LogP contribution in [0.15, 0.2) is 35.3 Å². The number of benzene rings is 1. The number of H-pyrrole nitrogens is 1. The van der Waals surface area contributed by atoms with Gasteiger partial charge in [0, 0.05) is 24.1 Å². The predicted octanol–water partition coefficient (Wildman–Crippen LogP) is 0.595. The van der Waals surface area contributed by atoms with Gasteiger partial charge in [-0.1, -0.05) is 18.2 Å². The minimum Gasteiger partial charge on any atom is -0.396 e. The molecule has 0 spiro atoms. The molecule has 19 heavy (non-hydrogen) atoms. The molecule has 0 aliphatic rings. The Morgan fingerprint density at radius 2 is 2.21 bits per heavy atom. The van der Waals surface area contributed by atoms with Gasteiger partial charge >= 0.3 is 0 Å². The number of aromatic nitrogens is 1. The van der Waals surface area contributed by atoms with Crippen LogP contribution in [-0.4, -0.2) is 35.1 Å². The number of para-hydroxylation sites is 1. The third-order valence-electron chi connectivity index (χ3n) is 2.61. The zero-order valence-corrected chi connectivity index (χ0v) is 10.4. The van der Waals surface area contributed by atoms with Gasteiger partial charge in [-0.25, -0.2) is 0 Å². The molecule has 5 N–H and O–H groups in total. The number of nitrogens with zero attached hydrogens (tertiary/aromatic N) is 1. The molecule has 0 unspecified atom stereocenters. The number of aliphatic hydroxyl groups excluding tert-OH is 1. The largest absolute Gasteiger partial charge is 0.396 e. The third kappa shape index (κ3) is 3.32. The normalized spacial score (nSPS) is 11.7. The first-order valence-electron chi connectivity index (χ1n) is 6.00. The Labute approximate surface area is 110 Å². The molecule has 0 atom stereocenters. The Bertz CT molecular complexity index is 570. The van der Waals surface area contributed by atoms with Crippen molar-refractivity contribution in [3.63, 3.8) is 0 Å². The van der Waals surface area contributed by atoms with E-state index in [1.165, 1.54) is 0 Å². The summed E-state index contributed by atoms with van der Waals surface area (Å²) in [4.78, 5) is 18.8. The van der Waals surface area contributed by atoms with Gasteiger partial charge in [0.25, 0.3) is 5.91 Å². The van der Waals surface area contributed by atoms with E-state index in [4.69, 9.17) is 10.8 Å². The monoisotopic (exact) mass is 260 g/mol. The minimum absolute atomic E-state index is 0.0484. The fourth-order valence-corrected chi connectivity index (χ4v) is 1.69. The number of guanidine groups is 1. The summed E-state index contributed by atoms with van der Waals surface area (Å²) in [6.07, 6.45) is 0.517. The molecular formula is C13H16N4O2. The maximum atomic E-state index is 11.9. The van der Waals surface area contributed by atoms with E-state index in [0.717, 1.165) is 10.9 Å². The van der Waals surface area contributed by atoms with Crippen LogP contribution in [0.25, 0.3) is 10.9 Å². The van der Waals surface area contributed by atoms with Gasteiger partial charge in [-0.3, -0.25) is 15.1 Å². The van der Waals surface area contributed by atoms with Gasteiger partial charge in [-0.2, -0.15) is 0 Å². The number of carbonyl (C=O) groups is 1. The van der Waals surface area contributed by atoms with Crippen molar-refractivity contribution in [1.82, 2.24) is 10.3 Å². The number of nitrogens with two attached hydrogens (primary N) is 1. The van der Waals surface area contributed by atoms with Crippen LogP contribution in [0, 0.1) is 0 Å². The summed E-state index contributed by atoms with van der Waals surface area (Å²) < 4.78 is 0. The molecule has 1 heterocycles. The number of nitrogens with one attached hydrogen (secondary N) is 2. The molecule has 1 aromatic carbocycles. The molecule has 0 saturated carbocycles. The van der Waals surface area contributed by atoms with Gasteiger partial charge < -0.3 is 15.8 Å². The second-order valence-electron chi connectivity index (χ2n) is 4.07. The number of carbonyl (C=O) groups excluding carboxylic acids is 1. The van der Waals surface area contributed by atoms with E-state index in [1.54, 1.807) is 6.07 Å². The van der Waals surface area contributed by atoms with Crippen LogP contribution in [0.2, 0.25) is 0 Å². The number of hydrogen-bond acceptors (Lipinski definition) is 3. The first-order chi connectivity index (χ1) is 9.20. The lowest BCUT2D eigenvalue weighted by Crippen LogP contribution is -2.37. The molecule has 6 heteroatoms. The van der Waals surface area contributed by atoms with Crippen molar-refractivity contribution in [2.24, 2.45) is 10.7 Å². The number of aromatic amines is 1. The van der Waals surface area contributed by atoms with Crippen molar-refractivity contribution < 1.29 is 9.90 Å². The van der Waals surface area contributed by atoms with Crippen molar-refractivity contribution in [3.8, 4) is 0 Å². The van der Waals surface area contributed by atoms with E-state index in [0.29, 0.717) is 18.7 Å². The molecule has 0 fully saturated rings. The van der Waals surface area contributed by atoms with Gasteiger partial charge in [0.1, 0.15) is 5.69 Å². The van der Waals surface area contributed by atoms with Crippen molar-refractivity contribution in [2.75, 3.05) is 13.2 Å². The highest BCUT2D eigenvalue weighted by Crippen LogP contribution is 2.14. The Kier molecular flexibility index (Phi) is 4.15. The van der Waals surface area contributed by atoms with E-state index in [2.05, 4.69) is 15.3 Å². The van der Waals surface area contributed by atoms with Crippen LogP contribution >= 0.6 is 0 Å². The van der Waals surface area contributed by atoms with Crippen LogP contribution in [0.5, 0.6) is 0 Å². The lowest BCUT2D eigenvalue weighted by molar-refractivity contribution is 0.0972. The van der Waals surface area contributed by atoms with Gasteiger partial charge in [0.05, 0.1) is 0 Å². The van der Waals surface area contributed by atoms with Crippen LogP contribution in [-0.2, 0) is 0 Å². The summed E-state index contributed by atoms with van der Waals surface area (Å²) in [5.74, 6) is -0.279. The first-order valence-corrected chi connectivity index (χ1v) is 6.00. The highest BCUT2D eigenvalue weighted by molar-refractivity contribution is 6.06. The summed E-state index contributed by atoms with van der Waals surface area (Å²) in [5.41, 5.74) is 6.89. The Balaban J connectivity index is 2.05. The molecule has 0 saturated heterocycles. The molecule has 100 valence electrons. The summed E-state index contributed by atoms with van der Waals surface area (Å²) in [6.45, 7) is 0.433. The predicted molar refractivity (Wildman–Crippen MR) is 74.0 cm³/mol. The summed E-state index contributed by atoms with van der Waals surface area (Å²) >= 11 is 0. The number of hydrogen-bond donors (Lipinski definition) is 4. The molecule has 0 aliphatic heterocycles. The average molecular weight is 260 g/mol. The van der Waals surface area contributed by atoms with Gasteiger partial charge in [-0.05, 0) is 18.6 Å². The number of rotatable bonds is 4. The average Bonchev–Trinajstić information content (AvgIpc) is 2.83. The summed E-state index contributed by atoms with van der Waals surface area (Å²) in [6, 6.07) is 9.37. The number of aliphatic hydroxyl groups is 1. The Hall–Kier alpha value is -2.34. The number of fused-ring (bicyclic) bond motifs is 1. The zero-order chi connectivity index (χ0) is 13.7. The molecule has 0 radical (unpaired) electrons. The Morgan fingerprint density at radius 1 is 1.42 bits per heavy atom. The zero-order valence-electron chi connectivity index (χ0n) is 10.4. The summed E-state index contributed by atoms with van der Waals surface area (Å²) in [7, 11) is 0. The Morgan fingerprint density at radius 3 is 2.95 bits per heavy atom. The summed E-state index contributed by atoms with van der Waals surface area (Å²) in [5, 5.41) is 12.1. The molecule has 0 aliphatic carbocycles. The van der Waals surface area contributed by atoms with Crippen molar-refractivity contribution >= 4 is 22.8 Å². The molecule has 2 rings (SSSR count). The van der Waals surface area contributed by atoms with E-state index in [-0.39, 0.29) is 18.5 Å². The molecule has 0 bridgehead atoms. The van der Waals surface area contributed by atoms with Crippen LogP contribution in [0.1, 0.15) is 16.9 Å². The van der Waals surface area contributed by atoms with Gasteiger partial charge in [0.15, 0.2) is 5.96 Å². The van der Waals surface area contributed by atoms with E-state index >= 15 is 0 Å². The smallest absolute Gasteiger partial charge is 0.274 e. The lowest BCUT2D eigenvalue weighted by Gasteiger charge is -2.02. The highest BCUT2D eigenvalue weighted by Gasteiger charge is 2.09. The highest BCUT2D eigenvalue weighted by atomic mass is 16.3. The second-order valence-corrected chi connectivity index (χ2v) is 4.07. The maximum absolute atomic E-state index is 11.9. The molecule has 1 amide bonds. The van der Waals surface area contributed by atoms with E-state index < -0.39 is 0 Å². The second kappa shape index (κ2) is 6.01. The van der Waals surface area contributed by atoms with Crippen LogP contribution in [0.4, 0.5) is 0 Å². The quantitative estimate of drug-likeness (QED) is 0.367. The molecule has 2 aromatic rings. The van der Waals surface area contributed by atoms with Crippen molar-refractivity contribution in [2.45, 2.75) is 6.42 Å². The first kappa shape index (κ1) is 13.1. The topological polar surface area (TPSA) is 104 Å². The lowest BCUT2D eigenvalue weighted by atomic mass is 10.2.